The minimum Gasteiger partial charge on any atom is -0.391 e. The van der Waals surface area contributed by atoms with Crippen molar-refractivity contribution in [1.29, 1.82) is 0 Å². The Balaban J connectivity index is 1.51. The number of para-hydroxylation sites is 2. The highest BCUT2D eigenvalue weighted by Crippen LogP contribution is 2.25. The number of β-amino-alcohol motifs (C(OH)–C–C–N with tert-alkyl or cyclic N) is 1. The molecule has 3 heterocycles. The van der Waals surface area contributed by atoms with E-state index in [4.69, 9.17) is 4.98 Å². The standard InChI is InChI=1S/C20H25N5O/c1-14(2)25-18-6-4-3-5-17(18)23-20(25)13-24-11-15(19(26)12-24)9-16-10-21-7-8-22-16/h3-8,10,14-15,19,26H,9,11-13H2,1-2H3/t15-,19-/m1/s1. The van der Waals surface area contributed by atoms with Gasteiger partial charge in [0.25, 0.3) is 0 Å². The quantitative estimate of drug-likeness (QED) is 0.765. The van der Waals surface area contributed by atoms with Crippen LogP contribution in [-0.4, -0.2) is 48.7 Å². The van der Waals surface area contributed by atoms with Crippen LogP contribution in [0.4, 0.5) is 0 Å². The maximum Gasteiger partial charge on any atom is 0.124 e. The Morgan fingerprint density at radius 2 is 2.04 bits per heavy atom. The molecule has 0 unspecified atom stereocenters. The smallest absolute Gasteiger partial charge is 0.124 e. The third-order valence-electron chi connectivity index (χ3n) is 5.12. The monoisotopic (exact) mass is 351 g/mol. The fraction of sp³-hybridized carbons (Fsp3) is 0.450. The molecule has 1 N–H and O–H groups in total. The molecule has 1 saturated heterocycles. The van der Waals surface area contributed by atoms with E-state index in [1.165, 1.54) is 5.52 Å². The van der Waals surface area contributed by atoms with E-state index in [0.29, 0.717) is 12.6 Å². The topological polar surface area (TPSA) is 67.1 Å². The van der Waals surface area contributed by atoms with Crippen LogP contribution in [0.5, 0.6) is 0 Å². The number of aromatic nitrogens is 4. The maximum absolute atomic E-state index is 10.5. The third kappa shape index (κ3) is 3.34. The summed E-state index contributed by atoms with van der Waals surface area (Å²) in [5.74, 6) is 1.25. The number of likely N-dealkylation sites (tertiary alicyclic amines) is 1. The largest absolute Gasteiger partial charge is 0.391 e. The fourth-order valence-corrected chi connectivity index (χ4v) is 3.96. The van der Waals surface area contributed by atoms with Gasteiger partial charge in [0, 0.05) is 43.6 Å². The number of hydrogen-bond donors (Lipinski definition) is 1. The number of aliphatic hydroxyl groups excluding tert-OH is 1. The van der Waals surface area contributed by atoms with E-state index in [9.17, 15) is 5.11 Å². The third-order valence-corrected chi connectivity index (χ3v) is 5.12. The van der Waals surface area contributed by atoms with Gasteiger partial charge in [-0.2, -0.15) is 0 Å². The summed E-state index contributed by atoms with van der Waals surface area (Å²) >= 11 is 0. The zero-order valence-corrected chi connectivity index (χ0v) is 15.3. The second-order valence-corrected chi connectivity index (χ2v) is 7.40. The Labute approximate surface area is 153 Å². The molecule has 6 heteroatoms. The van der Waals surface area contributed by atoms with Crippen molar-refractivity contribution in [1.82, 2.24) is 24.4 Å². The molecular weight excluding hydrogens is 326 g/mol. The molecule has 3 aromatic rings. The van der Waals surface area contributed by atoms with Gasteiger partial charge in [-0.25, -0.2) is 4.98 Å². The zero-order chi connectivity index (χ0) is 18.1. The van der Waals surface area contributed by atoms with E-state index in [1.54, 1.807) is 18.6 Å². The maximum atomic E-state index is 10.5. The minimum absolute atomic E-state index is 0.184. The Hall–Kier alpha value is -2.31. The Kier molecular flexibility index (Phi) is 4.70. The molecule has 0 spiro atoms. The summed E-state index contributed by atoms with van der Waals surface area (Å²) in [5, 5.41) is 10.5. The molecule has 1 aliphatic heterocycles. The number of rotatable bonds is 5. The van der Waals surface area contributed by atoms with Gasteiger partial charge in [0.05, 0.1) is 29.4 Å². The first-order valence-electron chi connectivity index (χ1n) is 9.23. The van der Waals surface area contributed by atoms with Crippen molar-refractivity contribution in [2.45, 2.75) is 39.0 Å². The van der Waals surface area contributed by atoms with E-state index in [1.807, 2.05) is 6.07 Å². The molecule has 6 nitrogen and oxygen atoms in total. The molecular formula is C20H25N5O. The average Bonchev–Trinajstić information content (AvgIpc) is 3.16. The van der Waals surface area contributed by atoms with E-state index >= 15 is 0 Å². The lowest BCUT2D eigenvalue weighted by atomic mass is 10.0. The number of hydrogen-bond acceptors (Lipinski definition) is 5. The summed E-state index contributed by atoms with van der Waals surface area (Å²) in [6.07, 6.45) is 5.59. The number of aliphatic hydroxyl groups is 1. The molecule has 0 radical (unpaired) electrons. The van der Waals surface area contributed by atoms with Crippen LogP contribution in [0.15, 0.2) is 42.9 Å². The predicted octanol–water partition coefficient (Wildman–Crippen LogP) is 2.44. The first-order chi connectivity index (χ1) is 12.6. The molecule has 0 aliphatic carbocycles. The van der Waals surface area contributed by atoms with E-state index in [0.717, 1.165) is 36.5 Å². The van der Waals surface area contributed by atoms with Crippen LogP contribution in [-0.2, 0) is 13.0 Å². The number of benzene rings is 1. The van der Waals surface area contributed by atoms with Gasteiger partial charge in [-0.1, -0.05) is 12.1 Å². The molecule has 1 fully saturated rings. The molecule has 4 rings (SSSR count). The van der Waals surface area contributed by atoms with E-state index < -0.39 is 0 Å². The Bertz CT molecular complexity index is 876. The molecule has 136 valence electrons. The summed E-state index contributed by atoms with van der Waals surface area (Å²) in [4.78, 5) is 15.6. The number of nitrogens with zero attached hydrogens (tertiary/aromatic N) is 5. The molecule has 1 aromatic carbocycles. The Morgan fingerprint density at radius 3 is 2.81 bits per heavy atom. The van der Waals surface area contributed by atoms with Gasteiger partial charge in [-0.05, 0) is 32.4 Å². The van der Waals surface area contributed by atoms with Gasteiger partial charge < -0.3 is 9.67 Å². The zero-order valence-electron chi connectivity index (χ0n) is 15.3. The predicted molar refractivity (Wildman–Crippen MR) is 101 cm³/mol. The average molecular weight is 351 g/mol. The van der Waals surface area contributed by atoms with Gasteiger partial charge in [-0.15, -0.1) is 0 Å². The fourth-order valence-electron chi connectivity index (χ4n) is 3.96. The van der Waals surface area contributed by atoms with Crippen LogP contribution >= 0.6 is 0 Å². The highest BCUT2D eigenvalue weighted by atomic mass is 16.3. The van der Waals surface area contributed by atoms with Crippen molar-refractivity contribution in [2.24, 2.45) is 5.92 Å². The summed E-state index contributed by atoms with van der Waals surface area (Å²) in [5.41, 5.74) is 3.15. The van der Waals surface area contributed by atoms with Crippen molar-refractivity contribution in [3.63, 3.8) is 0 Å². The van der Waals surface area contributed by atoms with Crippen LogP contribution < -0.4 is 0 Å². The summed E-state index contributed by atoms with van der Waals surface area (Å²) in [6.45, 7) is 6.65. The summed E-state index contributed by atoms with van der Waals surface area (Å²) < 4.78 is 2.30. The van der Waals surface area contributed by atoms with Crippen LogP contribution in [0.3, 0.4) is 0 Å². The molecule has 0 amide bonds. The van der Waals surface area contributed by atoms with Crippen LogP contribution in [0.2, 0.25) is 0 Å². The van der Waals surface area contributed by atoms with Crippen LogP contribution in [0.1, 0.15) is 31.4 Å². The molecule has 0 bridgehead atoms. The van der Waals surface area contributed by atoms with Gasteiger partial charge >= 0.3 is 0 Å². The van der Waals surface area contributed by atoms with Crippen molar-refractivity contribution in [2.75, 3.05) is 13.1 Å². The second-order valence-electron chi connectivity index (χ2n) is 7.40. The minimum atomic E-state index is -0.339. The SMILES string of the molecule is CC(C)n1c(CN2C[C@@H](Cc3cnccn3)[C@H](O)C2)nc2ccccc21. The first-order valence-corrected chi connectivity index (χ1v) is 9.23. The van der Waals surface area contributed by atoms with E-state index in [2.05, 4.69) is 51.5 Å². The Morgan fingerprint density at radius 1 is 1.19 bits per heavy atom. The van der Waals surface area contributed by atoms with E-state index in [-0.39, 0.29) is 12.0 Å². The molecule has 1 aliphatic rings. The highest BCUT2D eigenvalue weighted by molar-refractivity contribution is 5.76. The lowest BCUT2D eigenvalue weighted by molar-refractivity contribution is 0.140. The van der Waals surface area contributed by atoms with Crippen molar-refractivity contribution in [3.05, 3.63) is 54.4 Å². The van der Waals surface area contributed by atoms with Crippen molar-refractivity contribution in [3.8, 4) is 0 Å². The van der Waals surface area contributed by atoms with Gasteiger partial charge in [0.15, 0.2) is 0 Å². The lowest BCUT2D eigenvalue weighted by Crippen LogP contribution is -2.24. The van der Waals surface area contributed by atoms with Crippen LogP contribution in [0, 0.1) is 5.92 Å². The van der Waals surface area contributed by atoms with Crippen molar-refractivity contribution >= 4 is 11.0 Å². The normalized spacial score (nSPS) is 21.1. The molecule has 2 aromatic heterocycles. The lowest BCUT2D eigenvalue weighted by Gasteiger charge is -2.18. The first kappa shape index (κ1) is 17.1. The molecule has 2 atom stereocenters. The van der Waals surface area contributed by atoms with Crippen LogP contribution in [0.25, 0.3) is 11.0 Å². The van der Waals surface area contributed by atoms with Gasteiger partial charge in [0.1, 0.15) is 5.82 Å². The van der Waals surface area contributed by atoms with Gasteiger partial charge in [0.2, 0.25) is 0 Å². The molecule has 0 saturated carbocycles. The second kappa shape index (κ2) is 7.13. The highest BCUT2D eigenvalue weighted by Gasteiger charge is 2.32. The molecule has 26 heavy (non-hydrogen) atoms. The summed E-state index contributed by atoms with van der Waals surface area (Å²) in [6, 6.07) is 8.62. The summed E-state index contributed by atoms with van der Waals surface area (Å²) in [7, 11) is 0. The number of imidazole rings is 1. The number of fused-ring (bicyclic) bond motifs is 1. The van der Waals surface area contributed by atoms with Gasteiger partial charge in [-0.3, -0.25) is 14.9 Å². The van der Waals surface area contributed by atoms with Crippen molar-refractivity contribution < 1.29 is 5.11 Å².